The van der Waals surface area contributed by atoms with Gasteiger partial charge in [-0.2, -0.15) is 0 Å². The van der Waals surface area contributed by atoms with Gasteiger partial charge in [-0.15, -0.1) is 0 Å². The maximum atomic E-state index is 14.0. The summed E-state index contributed by atoms with van der Waals surface area (Å²) in [4.78, 5) is 0. The molecule has 1 fully saturated rings. The molecule has 1 aliphatic rings. The summed E-state index contributed by atoms with van der Waals surface area (Å²) in [5.74, 6) is 0.640. The van der Waals surface area contributed by atoms with Gasteiger partial charge in [0.1, 0.15) is 0 Å². The van der Waals surface area contributed by atoms with Gasteiger partial charge in [-0.25, -0.2) is 4.39 Å². The zero-order valence-electron chi connectivity index (χ0n) is 11.7. The van der Waals surface area contributed by atoms with Crippen molar-refractivity contribution in [2.75, 3.05) is 27.3 Å². The zero-order chi connectivity index (χ0) is 13.7. The van der Waals surface area contributed by atoms with E-state index in [1.807, 2.05) is 6.07 Å². The Morgan fingerprint density at radius 3 is 2.84 bits per heavy atom. The second kappa shape index (κ2) is 6.87. The van der Waals surface area contributed by atoms with Crippen LogP contribution in [-0.2, 0) is 17.8 Å². The van der Waals surface area contributed by atoms with Crippen molar-refractivity contribution in [3.63, 3.8) is 0 Å². The summed E-state index contributed by atoms with van der Waals surface area (Å²) in [5, 5.41) is 3.39. The SMILES string of the molecule is COCc1cc(F)c(OC)c(CC2CCCNC2)c1. The van der Waals surface area contributed by atoms with Crippen LogP contribution in [-0.4, -0.2) is 27.3 Å². The molecule has 19 heavy (non-hydrogen) atoms. The molecule has 1 N–H and O–H groups in total. The number of benzene rings is 1. The van der Waals surface area contributed by atoms with Gasteiger partial charge in [0, 0.05) is 7.11 Å². The Labute approximate surface area is 114 Å². The van der Waals surface area contributed by atoms with Crippen molar-refractivity contribution >= 4 is 0 Å². The van der Waals surface area contributed by atoms with Crippen molar-refractivity contribution in [3.05, 3.63) is 29.1 Å². The molecule has 1 aliphatic heterocycles. The van der Waals surface area contributed by atoms with Gasteiger partial charge >= 0.3 is 0 Å². The molecule has 1 heterocycles. The average molecular weight is 267 g/mol. The number of piperidine rings is 1. The van der Waals surface area contributed by atoms with Gasteiger partial charge in [0.2, 0.25) is 0 Å². The second-order valence-electron chi connectivity index (χ2n) is 5.12. The Morgan fingerprint density at radius 1 is 1.37 bits per heavy atom. The molecule has 0 saturated carbocycles. The summed E-state index contributed by atoms with van der Waals surface area (Å²) >= 11 is 0. The van der Waals surface area contributed by atoms with E-state index in [0.29, 0.717) is 18.3 Å². The normalized spacial score (nSPS) is 19.4. The van der Waals surface area contributed by atoms with Crippen LogP contribution in [0.2, 0.25) is 0 Å². The summed E-state index contributed by atoms with van der Waals surface area (Å²) in [6, 6.07) is 3.49. The van der Waals surface area contributed by atoms with Gasteiger partial charge in [-0.05, 0) is 61.5 Å². The standard InChI is InChI=1S/C15H22FNO2/c1-18-10-12-7-13(15(19-2)14(16)8-12)6-11-4-3-5-17-9-11/h7-8,11,17H,3-6,9-10H2,1-2H3. The first-order valence-electron chi connectivity index (χ1n) is 6.79. The van der Waals surface area contributed by atoms with E-state index in [0.717, 1.165) is 30.6 Å². The first kappa shape index (κ1) is 14.3. The van der Waals surface area contributed by atoms with Gasteiger partial charge in [-0.3, -0.25) is 0 Å². The number of hydrogen-bond acceptors (Lipinski definition) is 3. The minimum absolute atomic E-state index is 0.296. The molecule has 0 bridgehead atoms. The highest BCUT2D eigenvalue weighted by molar-refractivity contribution is 5.39. The van der Waals surface area contributed by atoms with Crippen LogP contribution in [0.25, 0.3) is 0 Å². The molecule has 1 aromatic carbocycles. The summed E-state index contributed by atoms with van der Waals surface area (Å²) in [6.45, 7) is 2.52. The van der Waals surface area contributed by atoms with Gasteiger partial charge in [-0.1, -0.05) is 0 Å². The third kappa shape index (κ3) is 3.67. The van der Waals surface area contributed by atoms with E-state index in [4.69, 9.17) is 9.47 Å². The highest BCUT2D eigenvalue weighted by Crippen LogP contribution is 2.28. The Kier molecular flexibility index (Phi) is 5.16. The van der Waals surface area contributed by atoms with Crippen LogP contribution < -0.4 is 10.1 Å². The lowest BCUT2D eigenvalue weighted by Crippen LogP contribution is -2.31. The Bertz CT molecular complexity index is 417. The fourth-order valence-electron chi connectivity index (χ4n) is 2.75. The molecule has 0 amide bonds. The molecule has 0 radical (unpaired) electrons. The first-order chi connectivity index (χ1) is 9.24. The van der Waals surface area contributed by atoms with Crippen LogP contribution in [0.3, 0.4) is 0 Å². The lowest BCUT2D eigenvalue weighted by molar-refractivity contribution is 0.184. The minimum Gasteiger partial charge on any atom is -0.493 e. The van der Waals surface area contributed by atoms with E-state index in [9.17, 15) is 4.39 Å². The number of rotatable bonds is 5. The fraction of sp³-hybridized carbons (Fsp3) is 0.600. The van der Waals surface area contributed by atoms with Crippen molar-refractivity contribution < 1.29 is 13.9 Å². The third-order valence-electron chi connectivity index (χ3n) is 3.60. The molecule has 0 spiro atoms. The van der Waals surface area contributed by atoms with Gasteiger partial charge in [0.25, 0.3) is 0 Å². The van der Waals surface area contributed by atoms with Crippen LogP contribution in [0.5, 0.6) is 5.75 Å². The monoisotopic (exact) mass is 267 g/mol. The van der Waals surface area contributed by atoms with Crippen LogP contribution in [0.15, 0.2) is 12.1 Å². The fourth-order valence-corrected chi connectivity index (χ4v) is 2.75. The zero-order valence-corrected chi connectivity index (χ0v) is 11.7. The predicted molar refractivity (Wildman–Crippen MR) is 73.0 cm³/mol. The lowest BCUT2D eigenvalue weighted by atomic mass is 9.91. The third-order valence-corrected chi connectivity index (χ3v) is 3.60. The Hall–Kier alpha value is -1.13. The number of nitrogens with one attached hydrogen (secondary N) is 1. The van der Waals surface area contributed by atoms with Gasteiger partial charge in [0.05, 0.1) is 13.7 Å². The van der Waals surface area contributed by atoms with Crippen LogP contribution >= 0.6 is 0 Å². The van der Waals surface area contributed by atoms with Crippen molar-refractivity contribution in [1.29, 1.82) is 0 Å². The molecule has 1 saturated heterocycles. The quantitative estimate of drug-likeness (QED) is 0.889. The molecular formula is C15H22FNO2. The number of methoxy groups -OCH3 is 2. The minimum atomic E-state index is -0.296. The van der Waals surface area contributed by atoms with Crippen LogP contribution in [0, 0.1) is 11.7 Å². The van der Waals surface area contributed by atoms with E-state index in [-0.39, 0.29) is 5.82 Å². The molecule has 3 nitrogen and oxygen atoms in total. The Morgan fingerprint density at radius 2 is 2.21 bits per heavy atom. The van der Waals surface area contributed by atoms with Crippen molar-refractivity contribution in [2.45, 2.75) is 25.9 Å². The molecule has 0 aliphatic carbocycles. The summed E-state index contributed by atoms with van der Waals surface area (Å²) in [7, 11) is 3.14. The number of hydrogen-bond donors (Lipinski definition) is 1. The highest BCUT2D eigenvalue weighted by atomic mass is 19.1. The second-order valence-corrected chi connectivity index (χ2v) is 5.12. The van der Waals surface area contributed by atoms with Crippen molar-refractivity contribution in [3.8, 4) is 5.75 Å². The maximum absolute atomic E-state index is 14.0. The van der Waals surface area contributed by atoms with Gasteiger partial charge < -0.3 is 14.8 Å². The van der Waals surface area contributed by atoms with Crippen LogP contribution in [0.4, 0.5) is 4.39 Å². The summed E-state index contributed by atoms with van der Waals surface area (Å²) < 4.78 is 24.3. The first-order valence-corrected chi connectivity index (χ1v) is 6.79. The lowest BCUT2D eigenvalue weighted by Gasteiger charge is -2.24. The largest absolute Gasteiger partial charge is 0.493 e. The Balaban J connectivity index is 2.19. The number of halogens is 1. The summed E-state index contributed by atoms with van der Waals surface area (Å²) in [6.07, 6.45) is 3.23. The molecule has 1 unspecified atom stereocenters. The molecule has 4 heteroatoms. The van der Waals surface area contributed by atoms with Crippen molar-refractivity contribution in [1.82, 2.24) is 5.32 Å². The molecule has 1 aromatic rings. The van der Waals surface area contributed by atoms with E-state index >= 15 is 0 Å². The summed E-state index contributed by atoms with van der Waals surface area (Å²) in [5.41, 5.74) is 1.81. The average Bonchev–Trinajstić information content (AvgIpc) is 2.40. The van der Waals surface area contributed by atoms with Crippen molar-refractivity contribution in [2.24, 2.45) is 5.92 Å². The maximum Gasteiger partial charge on any atom is 0.165 e. The predicted octanol–water partition coefficient (Wildman–Crippen LogP) is 2.52. The van der Waals surface area contributed by atoms with E-state index < -0.39 is 0 Å². The molecular weight excluding hydrogens is 245 g/mol. The topological polar surface area (TPSA) is 30.5 Å². The molecule has 1 atom stereocenters. The molecule has 2 rings (SSSR count). The van der Waals surface area contributed by atoms with Crippen LogP contribution in [0.1, 0.15) is 24.0 Å². The highest BCUT2D eigenvalue weighted by Gasteiger charge is 2.18. The smallest absolute Gasteiger partial charge is 0.165 e. The van der Waals surface area contributed by atoms with Gasteiger partial charge in [0.15, 0.2) is 11.6 Å². The van der Waals surface area contributed by atoms with E-state index in [1.165, 1.54) is 26.0 Å². The molecule has 0 aromatic heterocycles. The molecule has 106 valence electrons. The van der Waals surface area contributed by atoms with E-state index in [2.05, 4.69) is 5.32 Å². The van der Waals surface area contributed by atoms with E-state index in [1.54, 1.807) is 7.11 Å². The number of ether oxygens (including phenoxy) is 2.